The number of benzene rings is 2. The molecule has 0 spiro atoms. The number of hydrogen-bond acceptors (Lipinski definition) is 3. The smallest absolute Gasteiger partial charge is 0.336 e. The highest BCUT2D eigenvalue weighted by Crippen LogP contribution is 2.42. The second kappa shape index (κ2) is 6.32. The number of ether oxygens (including phenoxy) is 1. The van der Waals surface area contributed by atoms with Gasteiger partial charge in [-0.25, -0.2) is 4.79 Å². The standard InChI is InChI=1S/C19H13BrClNO3/c20-12-6-4-11(5-7-12)15-9-17(23)22(14-3-1-2-13(21)8-14)16-10-25-19(24)18(15)16/h1-8,15H,9-10H2. The van der Waals surface area contributed by atoms with Crippen LogP contribution >= 0.6 is 27.5 Å². The maximum Gasteiger partial charge on any atom is 0.336 e. The Balaban J connectivity index is 1.83. The molecule has 2 aliphatic rings. The summed E-state index contributed by atoms with van der Waals surface area (Å²) in [7, 11) is 0. The van der Waals surface area contributed by atoms with Gasteiger partial charge in [-0.15, -0.1) is 0 Å². The molecule has 0 bridgehead atoms. The van der Waals surface area contributed by atoms with Gasteiger partial charge in [0.25, 0.3) is 0 Å². The highest BCUT2D eigenvalue weighted by Gasteiger charge is 2.42. The Hall–Kier alpha value is -2.11. The number of amides is 1. The van der Waals surface area contributed by atoms with E-state index in [2.05, 4.69) is 15.9 Å². The molecule has 0 aromatic heterocycles. The number of hydrogen-bond donors (Lipinski definition) is 0. The second-order valence-electron chi connectivity index (χ2n) is 5.95. The lowest BCUT2D eigenvalue weighted by atomic mass is 9.84. The highest BCUT2D eigenvalue weighted by atomic mass is 79.9. The average molecular weight is 419 g/mol. The minimum atomic E-state index is -0.359. The van der Waals surface area contributed by atoms with E-state index in [-0.39, 0.29) is 30.8 Å². The minimum Gasteiger partial charge on any atom is -0.456 e. The van der Waals surface area contributed by atoms with Crippen molar-refractivity contribution in [2.75, 3.05) is 11.5 Å². The van der Waals surface area contributed by atoms with Crippen LogP contribution in [0.3, 0.4) is 0 Å². The molecule has 126 valence electrons. The molecule has 0 N–H and O–H groups in total. The summed E-state index contributed by atoms with van der Waals surface area (Å²) in [5.41, 5.74) is 2.74. The fraction of sp³-hybridized carbons (Fsp3) is 0.158. The van der Waals surface area contributed by atoms with Crippen molar-refractivity contribution < 1.29 is 14.3 Å². The third-order valence-corrected chi connectivity index (χ3v) is 5.22. The number of nitrogens with zero attached hydrogens (tertiary/aromatic N) is 1. The summed E-state index contributed by atoms with van der Waals surface area (Å²) in [6.07, 6.45) is 0.210. The maximum absolute atomic E-state index is 12.9. The minimum absolute atomic E-state index is 0.0766. The van der Waals surface area contributed by atoms with E-state index in [1.807, 2.05) is 24.3 Å². The van der Waals surface area contributed by atoms with Crippen molar-refractivity contribution in [2.24, 2.45) is 0 Å². The van der Waals surface area contributed by atoms with Crippen LogP contribution < -0.4 is 4.90 Å². The molecule has 4 rings (SSSR count). The molecule has 2 heterocycles. The molecule has 1 atom stereocenters. The Morgan fingerprint density at radius 3 is 2.60 bits per heavy atom. The van der Waals surface area contributed by atoms with E-state index in [4.69, 9.17) is 16.3 Å². The number of esters is 1. The third-order valence-electron chi connectivity index (χ3n) is 4.46. The van der Waals surface area contributed by atoms with Crippen LogP contribution in [-0.4, -0.2) is 18.5 Å². The lowest BCUT2D eigenvalue weighted by molar-refractivity contribution is -0.136. The quantitative estimate of drug-likeness (QED) is 0.678. The van der Waals surface area contributed by atoms with Crippen molar-refractivity contribution in [2.45, 2.75) is 12.3 Å². The molecule has 4 nitrogen and oxygen atoms in total. The summed E-state index contributed by atoms with van der Waals surface area (Å²) in [4.78, 5) is 26.8. The van der Waals surface area contributed by atoms with Gasteiger partial charge in [0.2, 0.25) is 5.91 Å². The predicted molar refractivity (Wildman–Crippen MR) is 98.4 cm³/mol. The van der Waals surface area contributed by atoms with Crippen LogP contribution in [0.25, 0.3) is 0 Å². The lowest BCUT2D eigenvalue weighted by Gasteiger charge is -2.32. The van der Waals surface area contributed by atoms with E-state index in [0.29, 0.717) is 22.0 Å². The molecule has 2 aliphatic heterocycles. The number of anilines is 1. The largest absolute Gasteiger partial charge is 0.456 e. The van der Waals surface area contributed by atoms with Crippen molar-refractivity contribution in [1.82, 2.24) is 0 Å². The molecule has 0 radical (unpaired) electrons. The molecule has 2 aromatic carbocycles. The molecule has 6 heteroatoms. The Morgan fingerprint density at radius 1 is 1.12 bits per heavy atom. The van der Waals surface area contributed by atoms with E-state index in [1.54, 1.807) is 29.2 Å². The summed E-state index contributed by atoms with van der Waals surface area (Å²) in [6, 6.07) is 14.7. The Morgan fingerprint density at radius 2 is 1.88 bits per heavy atom. The van der Waals surface area contributed by atoms with Crippen LogP contribution in [0.2, 0.25) is 5.02 Å². The van der Waals surface area contributed by atoms with Crippen LogP contribution in [0, 0.1) is 0 Å². The molecular formula is C19H13BrClNO3. The molecule has 2 aromatic rings. The molecule has 25 heavy (non-hydrogen) atoms. The van der Waals surface area contributed by atoms with Gasteiger partial charge in [0.05, 0.1) is 17.0 Å². The number of carbonyl (C=O) groups is 2. The topological polar surface area (TPSA) is 46.6 Å². The summed E-state index contributed by atoms with van der Waals surface area (Å²) in [5.74, 6) is -0.726. The second-order valence-corrected chi connectivity index (χ2v) is 7.31. The Labute approximate surface area is 158 Å². The van der Waals surface area contributed by atoms with Gasteiger partial charge in [0.15, 0.2) is 0 Å². The van der Waals surface area contributed by atoms with Crippen LogP contribution in [0.15, 0.2) is 64.3 Å². The number of halogens is 2. The predicted octanol–water partition coefficient (Wildman–Crippen LogP) is 4.43. The summed E-state index contributed by atoms with van der Waals surface area (Å²) >= 11 is 9.47. The molecule has 0 fully saturated rings. The molecule has 0 saturated heterocycles. The first-order valence-electron chi connectivity index (χ1n) is 7.79. The van der Waals surface area contributed by atoms with Crippen molar-refractivity contribution in [3.63, 3.8) is 0 Å². The summed E-state index contributed by atoms with van der Waals surface area (Å²) in [6.45, 7) is 0.0967. The van der Waals surface area contributed by atoms with Gasteiger partial charge in [0, 0.05) is 21.8 Å². The first kappa shape index (κ1) is 16.4. The van der Waals surface area contributed by atoms with Gasteiger partial charge in [-0.3, -0.25) is 9.69 Å². The zero-order valence-electron chi connectivity index (χ0n) is 13.0. The number of rotatable bonds is 2. The fourth-order valence-corrected chi connectivity index (χ4v) is 3.80. The van der Waals surface area contributed by atoms with E-state index in [0.717, 1.165) is 10.0 Å². The summed E-state index contributed by atoms with van der Waals surface area (Å²) in [5, 5.41) is 0.535. The maximum atomic E-state index is 12.9. The van der Waals surface area contributed by atoms with E-state index in [9.17, 15) is 9.59 Å². The molecular weight excluding hydrogens is 406 g/mol. The van der Waals surface area contributed by atoms with Gasteiger partial charge < -0.3 is 4.74 Å². The highest BCUT2D eigenvalue weighted by molar-refractivity contribution is 9.10. The van der Waals surface area contributed by atoms with Gasteiger partial charge in [-0.05, 0) is 35.9 Å². The van der Waals surface area contributed by atoms with Gasteiger partial charge in [-0.1, -0.05) is 45.7 Å². The SMILES string of the molecule is O=C1OCC2=C1C(c1ccc(Br)cc1)CC(=O)N2c1cccc(Cl)c1. The molecule has 0 aliphatic carbocycles. The Kier molecular flexibility index (Phi) is 4.13. The first-order valence-corrected chi connectivity index (χ1v) is 8.96. The van der Waals surface area contributed by atoms with Crippen molar-refractivity contribution in [3.05, 3.63) is 74.9 Å². The zero-order valence-corrected chi connectivity index (χ0v) is 15.4. The van der Waals surface area contributed by atoms with Gasteiger partial charge in [-0.2, -0.15) is 0 Å². The van der Waals surface area contributed by atoms with Crippen molar-refractivity contribution in [1.29, 1.82) is 0 Å². The zero-order chi connectivity index (χ0) is 17.6. The van der Waals surface area contributed by atoms with E-state index >= 15 is 0 Å². The number of cyclic esters (lactones) is 1. The molecule has 0 saturated carbocycles. The lowest BCUT2D eigenvalue weighted by Crippen LogP contribution is -2.37. The average Bonchev–Trinajstić information content (AvgIpc) is 2.96. The van der Waals surface area contributed by atoms with Crippen LogP contribution in [0.5, 0.6) is 0 Å². The van der Waals surface area contributed by atoms with Crippen LogP contribution in [0.4, 0.5) is 5.69 Å². The van der Waals surface area contributed by atoms with Gasteiger partial charge in [0.1, 0.15) is 6.61 Å². The fourth-order valence-electron chi connectivity index (χ4n) is 3.35. The van der Waals surface area contributed by atoms with Crippen molar-refractivity contribution >= 4 is 45.1 Å². The van der Waals surface area contributed by atoms with Gasteiger partial charge >= 0.3 is 5.97 Å². The van der Waals surface area contributed by atoms with E-state index < -0.39 is 0 Å². The number of carbonyl (C=O) groups excluding carboxylic acids is 2. The van der Waals surface area contributed by atoms with Crippen molar-refractivity contribution in [3.8, 4) is 0 Å². The molecule has 1 unspecified atom stereocenters. The van der Waals surface area contributed by atoms with E-state index in [1.165, 1.54) is 0 Å². The van der Waals surface area contributed by atoms with Crippen LogP contribution in [-0.2, 0) is 14.3 Å². The molecule has 1 amide bonds. The van der Waals surface area contributed by atoms with Crippen LogP contribution in [0.1, 0.15) is 17.9 Å². The first-order chi connectivity index (χ1) is 12.0. The normalized spacial score (nSPS) is 19.9. The monoisotopic (exact) mass is 417 g/mol. The Bertz CT molecular complexity index is 907. The summed E-state index contributed by atoms with van der Waals surface area (Å²) < 4.78 is 6.20. The third kappa shape index (κ3) is 2.87.